The van der Waals surface area contributed by atoms with Crippen LogP contribution in [0.5, 0.6) is 0 Å². The number of carbonyl (C=O) groups excluding carboxylic acids is 2. The summed E-state index contributed by atoms with van der Waals surface area (Å²) in [6.45, 7) is 1.16. The highest BCUT2D eigenvalue weighted by molar-refractivity contribution is 5.92. The highest BCUT2D eigenvalue weighted by Gasteiger charge is 2.28. The van der Waals surface area contributed by atoms with Crippen molar-refractivity contribution < 1.29 is 14.0 Å². The molecule has 2 N–H and O–H groups in total. The second kappa shape index (κ2) is 6.74. The summed E-state index contributed by atoms with van der Waals surface area (Å²) >= 11 is 0. The molecule has 0 bridgehead atoms. The Morgan fingerprint density at radius 3 is 2.83 bits per heavy atom. The zero-order valence-corrected chi connectivity index (χ0v) is 13.2. The number of hydrogen-bond donors (Lipinski definition) is 1. The van der Waals surface area contributed by atoms with Gasteiger partial charge in [0.25, 0.3) is 11.5 Å². The van der Waals surface area contributed by atoms with E-state index in [1.54, 1.807) is 35.4 Å². The Kier molecular flexibility index (Phi) is 4.50. The number of furan rings is 1. The Labute approximate surface area is 138 Å². The second-order valence-electron chi connectivity index (χ2n) is 5.93. The summed E-state index contributed by atoms with van der Waals surface area (Å²) in [6.07, 6.45) is 3.11. The van der Waals surface area contributed by atoms with Gasteiger partial charge in [-0.25, -0.2) is 0 Å². The number of rotatable bonds is 4. The molecular weight excluding hydrogens is 310 g/mol. The van der Waals surface area contributed by atoms with Crippen LogP contribution < -0.4 is 11.3 Å². The molecule has 1 aliphatic rings. The van der Waals surface area contributed by atoms with E-state index in [2.05, 4.69) is 0 Å². The summed E-state index contributed by atoms with van der Waals surface area (Å²) in [7, 11) is 0. The molecule has 126 valence electrons. The van der Waals surface area contributed by atoms with Crippen molar-refractivity contribution in [2.75, 3.05) is 13.1 Å². The molecule has 3 heterocycles. The first kappa shape index (κ1) is 16.0. The fourth-order valence-electron chi connectivity index (χ4n) is 2.89. The molecular formula is C17H19N3O4. The van der Waals surface area contributed by atoms with E-state index < -0.39 is 0 Å². The first-order chi connectivity index (χ1) is 11.5. The maximum Gasteiger partial charge on any atom is 0.289 e. The molecule has 0 saturated carbocycles. The lowest BCUT2D eigenvalue weighted by molar-refractivity contribution is -0.123. The number of carbonyl (C=O) groups is 2. The molecule has 0 aliphatic carbocycles. The van der Waals surface area contributed by atoms with Gasteiger partial charge < -0.3 is 19.6 Å². The molecule has 2 aromatic rings. The van der Waals surface area contributed by atoms with Gasteiger partial charge in [-0.3, -0.25) is 14.4 Å². The summed E-state index contributed by atoms with van der Waals surface area (Å²) in [6, 6.07) is 8.17. The van der Waals surface area contributed by atoms with Crippen LogP contribution in [-0.4, -0.2) is 34.4 Å². The summed E-state index contributed by atoms with van der Waals surface area (Å²) in [4.78, 5) is 37.1. The van der Waals surface area contributed by atoms with Crippen LogP contribution in [0.1, 0.15) is 29.2 Å². The van der Waals surface area contributed by atoms with Crippen LogP contribution in [0.3, 0.4) is 0 Å². The van der Waals surface area contributed by atoms with Crippen LogP contribution in [0.25, 0.3) is 0 Å². The lowest BCUT2D eigenvalue weighted by Crippen LogP contribution is -2.44. The maximum atomic E-state index is 12.5. The number of piperidine rings is 1. The molecule has 1 fully saturated rings. The summed E-state index contributed by atoms with van der Waals surface area (Å²) < 4.78 is 7.08. The molecule has 7 heteroatoms. The Balaban J connectivity index is 1.71. The number of nitrogens with two attached hydrogens (primary N) is 1. The number of nitrogens with zero attached hydrogens (tertiary/aromatic N) is 2. The van der Waals surface area contributed by atoms with Crippen molar-refractivity contribution in [3.63, 3.8) is 0 Å². The molecule has 1 saturated heterocycles. The molecule has 1 aliphatic heterocycles. The van der Waals surface area contributed by atoms with Gasteiger partial charge in [-0.05, 0) is 31.0 Å². The van der Waals surface area contributed by atoms with Crippen molar-refractivity contribution >= 4 is 11.8 Å². The van der Waals surface area contributed by atoms with Gasteiger partial charge in [-0.2, -0.15) is 0 Å². The van der Waals surface area contributed by atoms with Crippen molar-refractivity contribution in [3.05, 3.63) is 58.4 Å². The Bertz CT molecular complexity index is 808. The monoisotopic (exact) mass is 329 g/mol. The molecule has 2 amide bonds. The lowest BCUT2D eigenvalue weighted by atomic mass is 9.97. The molecule has 0 unspecified atom stereocenters. The number of hydrogen-bond acceptors (Lipinski definition) is 4. The van der Waals surface area contributed by atoms with Gasteiger partial charge in [0.2, 0.25) is 5.91 Å². The van der Waals surface area contributed by atoms with Gasteiger partial charge >= 0.3 is 0 Å². The smallest absolute Gasteiger partial charge is 0.289 e. The van der Waals surface area contributed by atoms with E-state index in [-0.39, 0.29) is 35.6 Å². The summed E-state index contributed by atoms with van der Waals surface area (Å²) in [5.74, 6) is -0.210. The molecule has 3 rings (SSSR count). The van der Waals surface area contributed by atoms with Crippen LogP contribution in [0.15, 0.2) is 45.7 Å². The second-order valence-corrected chi connectivity index (χ2v) is 5.93. The summed E-state index contributed by atoms with van der Waals surface area (Å²) in [5, 5.41) is 0. The van der Waals surface area contributed by atoms with Crippen molar-refractivity contribution in [1.82, 2.24) is 9.47 Å². The fraction of sp³-hybridized carbons (Fsp3) is 0.353. The molecule has 7 nitrogen and oxygen atoms in total. The fourth-order valence-corrected chi connectivity index (χ4v) is 2.89. The number of likely N-dealkylation sites (tertiary alicyclic amines) is 1. The molecule has 0 spiro atoms. The zero-order chi connectivity index (χ0) is 17.1. The predicted octanol–water partition coefficient (Wildman–Crippen LogP) is 0.827. The third kappa shape index (κ3) is 3.40. The van der Waals surface area contributed by atoms with Crippen molar-refractivity contribution in [2.24, 2.45) is 11.7 Å². The van der Waals surface area contributed by atoms with Crippen LogP contribution in [0.4, 0.5) is 0 Å². The average molecular weight is 329 g/mol. The number of pyridine rings is 1. The third-order valence-corrected chi connectivity index (χ3v) is 4.21. The molecule has 24 heavy (non-hydrogen) atoms. The highest BCUT2D eigenvalue weighted by Crippen LogP contribution is 2.19. The van der Waals surface area contributed by atoms with E-state index in [0.717, 1.165) is 6.42 Å². The van der Waals surface area contributed by atoms with E-state index in [4.69, 9.17) is 10.2 Å². The number of amides is 2. The molecule has 0 radical (unpaired) electrons. The van der Waals surface area contributed by atoms with Gasteiger partial charge in [-0.15, -0.1) is 0 Å². The normalized spacial score (nSPS) is 17.7. The van der Waals surface area contributed by atoms with E-state index in [0.29, 0.717) is 25.3 Å². The van der Waals surface area contributed by atoms with Gasteiger partial charge in [0, 0.05) is 25.4 Å². The Morgan fingerprint density at radius 2 is 2.08 bits per heavy atom. The topological polar surface area (TPSA) is 98.5 Å². The maximum absolute atomic E-state index is 12.5. The minimum absolute atomic E-state index is 0.137. The Hall–Kier alpha value is -2.83. The quantitative estimate of drug-likeness (QED) is 0.898. The van der Waals surface area contributed by atoms with Crippen LogP contribution in [-0.2, 0) is 11.3 Å². The molecule has 2 aromatic heterocycles. The zero-order valence-electron chi connectivity index (χ0n) is 13.2. The standard InChI is InChI=1S/C17H19N3O4/c18-16(22)12-4-3-9-20(10-12)17(23)14-7-6-13(24-14)11-19-8-2-1-5-15(19)21/h1-2,5-8,12H,3-4,9-11H2,(H2,18,22)/t12-/m0/s1. The van der Waals surface area contributed by atoms with Crippen LogP contribution >= 0.6 is 0 Å². The first-order valence-electron chi connectivity index (χ1n) is 7.87. The van der Waals surface area contributed by atoms with Crippen LogP contribution in [0.2, 0.25) is 0 Å². The predicted molar refractivity (Wildman–Crippen MR) is 86.3 cm³/mol. The SMILES string of the molecule is NC(=O)[C@H]1CCCN(C(=O)c2ccc(Cn3ccccc3=O)o2)C1. The van der Waals surface area contributed by atoms with E-state index >= 15 is 0 Å². The minimum Gasteiger partial charge on any atom is -0.454 e. The van der Waals surface area contributed by atoms with E-state index in [1.807, 2.05) is 0 Å². The Morgan fingerprint density at radius 1 is 1.25 bits per heavy atom. The first-order valence-corrected chi connectivity index (χ1v) is 7.87. The van der Waals surface area contributed by atoms with Gasteiger partial charge in [0.15, 0.2) is 5.76 Å². The average Bonchev–Trinajstić information content (AvgIpc) is 3.05. The number of aromatic nitrogens is 1. The number of primary amides is 1. The van der Waals surface area contributed by atoms with Crippen LogP contribution in [0, 0.1) is 5.92 Å². The minimum atomic E-state index is -0.379. The van der Waals surface area contributed by atoms with E-state index in [1.165, 1.54) is 10.6 Å². The van der Waals surface area contributed by atoms with Gasteiger partial charge in [0.05, 0.1) is 12.5 Å². The van der Waals surface area contributed by atoms with E-state index in [9.17, 15) is 14.4 Å². The third-order valence-electron chi connectivity index (χ3n) is 4.21. The van der Waals surface area contributed by atoms with Gasteiger partial charge in [-0.1, -0.05) is 6.07 Å². The highest BCUT2D eigenvalue weighted by atomic mass is 16.4. The molecule has 1 atom stereocenters. The van der Waals surface area contributed by atoms with Crippen molar-refractivity contribution in [1.29, 1.82) is 0 Å². The summed E-state index contributed by atoms with van der Waals surface area (Å²) in [5.41, 5.74) is 5.20. The largest absolute Gasteiger partial charge is 0.454 e. The van der Waals surface area contributed by atoms with Crippen molar-refractivity contribution in [2.45, 2.75) is 19.4 Å². The van der Waals surface area contributed by atoms with Crippen molar-refractivity contribution in [3.8, 4) is 0 Å². The molecule has 0 aromatic carbocycles. The van der Waals surface area contributed by atoms with Gasteiger partial charge in [0.1, 0.15) is 5.76 Å². The lowest BCUT2D eigenvalue weighted by Gasteiger charge is -2.30.